The Morgan fingerprint density at radius 3 is 2.26 bits per heavy atom. The molecule has 0 heterocycles. The van der Waals surface area contributed by atoms with Crippen LogP contribution in [0, 0.1) is 13.8 Å². The molecule has 0 unspecified atom stereocenters. The zero-order valence-corrected chi connectivity index (χ0v) is 20.0. The zero-order valence-electron chi connectivity index (χ0n) is 19.2. The second-order valence-corrected chi connectivity index (χ2v) is 9.47. The van der Waals surface area contributed by atoms with E-state index in [0.717, 1.165) is 22.9 Å². The number of carbonyl (C=O) groups is 1. The number of hydrogen-bond acceptors (Lipinski definition) is 5. The molecule has 0 aromatic heterocycles. The first-order valence-electron chi connectivity index (χ1n) is 10.1. The number of carbonyl (C=O) groups excluding carboxylic acids is 1. The largest absolute Gasteiger partial charge is 0.493 e. The summed E-state index contributed by atoms with van der Waals surface area (Å²) in [6.07, 6.45) is 1.74. The van der Waals surface area contributed by atoms with Crippen LogP contribution in [-0.2, 0) is 14.8 Å². The number of nitrogens with one attached hydrogen (secondary N) is 1. The van der Waals surface area contributed by atoms with Crippen LogP contribution in [0.5, 0.6) is 11.5 Å². The predicted molar refractivity (Wildman–Crippen MR) is 123 cm³/mol. The van der Waals surface area contributed by atoms with E-state index in [1.54, 1.807) is 33.3 Å². The molecule has 1 amide bonds. The first-order chi connectivity index (χ1) is 14.5. The summed E-state index contributed by atoms with van der Waals surface area (Å²) in [4.78, 5) is 13.1. The Labute approximate surface area is 185 Å². The number of hydrogen-bond donors (Lipinski definition) is 1. The number of aryl methyl sites for hydroxylation is 2. The average Bonchev–Trinajstić information content (AvgIpc) is 2.72. The molecule has 7 nitrogen and oxygen atoms in total. The van der Waals surface area contributed by atoms with Gasteiger partial charge in [0.2, 0.25) is 15.9 Å². The van der Waals surface area contributed by atoms with E-state index in [2.05, 4.69) is 5.32 Å². The molecule has 1 N–H and O–H groups in total. The van der Waals surface area contributed by atoms with Crippen molar-refractivity contribution in [2.75, 3.05) is 24.8 Å². The predicted octanol–water partition coefficient (Wildman–Crippen LogP) is 3.74. The highest BCUT2D eigenvalue weighted by Crippen LogP contribution is 2.31. The minimum absolute atomic E-state index is 0.310. The van der Waals surface area contributed by atoms with E-state index in [-0.39, 0.29) is 11.9 Å². The molecule has 2 rings (SSSR count). The standard InChI is InChI=1S/C23H32N2O5S/c1-8-19(18-11-12-21(29-5)22(14-18)30-6)24-23(26)17(4)25(31(7,27)28)20-13-15(2)9-10-16(20)3/h9-14,17,19H,8H2,1-7H3,(H,24,26)/t17-,19-/m0/s1. The molecule has 0 saturated carbocycles. The molecule has 0 saturated heterocycles. The van der Waals surface area contributed by atoms with Crippen molar-refractivity contribution in [2.45, 2.75) is 46.2 Å². The van der Waals surface area contributed by atoms with E-state index in [9.17, 15) is 13.2 Å². The molecule has 2 aromatic rings. The zero-order chi connectivity index (χ0) is 23.3. The van der Waals surface area contributed by atoms with E-state index in [0.29, 0.717) is 23.6 Å². The fraction of sp³-hybridized carbons (Fsp3) is 0.435. The summed E-state index contributed by atoms with van der Waals surface area (Å²) < 4.78 is 37.1. The van der Waals surface area contributed by atoms with Gasteiger partial charge in [0, 0.05) is 0 Å². The van der Waals surface area contributed by atoms with Crippen molar-refractivity contribution < 1.29 is 22.7 Å². The normalized spacial score (nSPS) is 13.3. The van der Waals surface area contributed by atoms with Crippen molar-refractivity contribution in [3.8, 4) is 11.5 Å². The van der Waals surface area contributed by atoms with Crippen molar-refractivity contribution in [2.24, 2.45) is 0 Å². The van der Waals surface area contributed by atoms with Crippen LogP contribution in [0.3, 0.4) is 0 Å². The van der Waals surface area contributed by atoms with Gasteiger partial charge >= 0.3 is 0 Å². The molecule has 31 heavy (non-hydrogen) atoms. The molecule has 0 spiro atoms. The van der Waals surface area contributed by atoms with Gasteiger partial charge in [-0.2, -0.15) is 0 Å². The van der Waals surface area contributed by atoms with E-state index in [1.807, 2.05) is 45.0 Å². The number of anilines is 1. The summed E-state index contributed by atoms with van der Waals surface area (Å²) in [7, 11) is -0.579. The number of benzene rings is 2. The number of rotatable bonds is 9. The lowest BCUT2D eigenvalue weighted by atomic mass is 10.0. The highest BCUT2D eigenvalue weighted by atomic mass is 32.2. The first kappa shape index (κ1) is 24.5. The molecule has 0 aliphatic heterocycles. The molecule has 0 aliphatic rings. The molecular formula is C23H32N2O5S. The molecule has 0 aliphatic carbocycles. The van der Waals surface area contributed by atoms with E-state index in [1.165, 1.54) is 4.31 Å². The second kappa shape index (κ2) is 10.0. The van der Waals surface area contributed by atoms with Gasteiger partial charge in [0.05, 0.1) is 32.2 Å². The monoisotopic (exact) mass is 448 g/mol. The minimum atomic E-state index is -3.69. The Kier molecular flexibility index (Phi) is 7.95. The molecule has 2 aromatic carbocycles. The smallest absolute Gasteiger partial charge is 0.244 e. The third kappa shape index (κ3) is 5.70. The maximum Gasteiger partial charge on any atom is 0.244 e. The van der Waals surface area contributed by atoms with Crippen LogP contribution in [0.2, 0.25) is 0 Å². The summed E-state index contributed by atoms with van der Waals surface area (Å²) in [5.74, 6) is 0.779. The summed E-state index contributed by atoms with van der Waals surface area (Å²) in [6, 6.07) is 9.77. The number of amides is 1. The Morgan fingerprint density at radius 1 is 1.06 bits per heavy atom. The average molecular weight is 449 g/mol. The number of sulfonamides is 1. The van der Waals surface area contributed by atoms with Crippen molar-refractivity contribution in [3.05, 3.63) is 53.1 Å². The molecular weight excluding hydrogens is 416 g/mol. The summed E-state index contributed by atoms with van der Waals surface area (Å²) in [6.45, 7) is 7.26. The van der Waals surface area contributed by atoms with E-state index in [4.69, 9.17) is 9.47 Å². The van der Waals surface area contributed by atoms with Crippen LogP contribution in [0.15, 0.2) is 36.4 Å². The fourth-order valence-electron chi connectivity index (χ4n) is 3.52. The molecule has 0 bridgehead atoms. The van der Waals surface area contributed by atoms with Gasteiger partial charge in [-0.25, -0.2) is 8.42 Å². The van der Waals surface area contributed by atoms with Gasteiger partial charge < -0.3 is 14.8 Å². The lowest BCUT2D eigenvalue weighted by Crippen LogP contribution is -2.48. The SMILES string of the molecule is CC[C@H](NC(=O)[C@H](C)N(c1cc(C)ccc1C)S(C)(=O)=O)c1ccc(OC)c(OC)c1. The van der Waals surface area contributed by atoms with Gasteiger partial charge in [0.15, 0.2) is 11.5 Å². The van der Waals surface area contributed by atoms with Gasteiger partial charge in [0.25, 0.3) is 0 Å². The van der Waals surface area contributed by atoms with Crippen LogP contribution in [0.4, 0.5) is 5.69 Å². The summed E-state index contributed by atoms with van der Waals surface area (Å²) in [5.41, 5.74) is 3.05. The van der Waals surface area contributed by atoms with Gasteiger partial charge in [-0.15, -0.1) is 0 Å². The molecule has 0 radical (unpaired) electrons. The Balaban J connectivity index is 2.35. The van der Waals surface area contributed by atoms with Crippen molar-refractivity contribution >= 4 is 21.6 Å². The second-order valence-electron chi connectivity index (χ2n) is 7.61. The number of methoxy groups -OCH3 is 2. The van der Waals surface area contributed by atoms with Crippen molar-refractivity contribution in [1.82, 2.24) is 5.32 Å². The van der Waals surface area contributed by atoms with Gasteiger partial charge in [-0.1, -0.05) is 25.1 Å². The summed E-state index contributed by atoms with van der Waals surface area (Å²) >= 11 is 0. The van der Waals surface area contributed by atoms with Crippen molar-refractivity contribution in [3.63, 3.8) is 0 Å². The summed E-state index contributed by atoms with van der Waals surface area (Å²) in [5, 5.41) is 2.99. The molecule has 8 heteroatoms. The highest BCUT2D eigenvalue weighted by Gasteiger charge is 2.31. The molecule has 0 fully saturated rings. The first-order valence-corrected chi connectivity index (χ1v) is 12.0. The van der Waals surface area contributed by atoms with Crippen LogP contribution in [-0.4, -0.2) is 40.8 Å². The number of nitrogens with zero attached hydrogens (tertiary/aromatic N) is 1. The molecule has 2 atom stereocenters. The van der Waals surface area contributed by atoms with Crippen LogP contribution in [0.25, 0.3) is 0 Å². The third-order valence-corrected chi connectivity index (χ3v) is 6.45. The van der Waals surface area contributed by atoms with Crippen molar-refractivity contribution in [1.29, 1.82) is 0 Å². The lowest BCUT2D eigenvalue weighted by Gasteiger charge is -2.31. The minimum Gasteiger partial charge on any atom is -0.493 e. The van der Waals surface area contributed by atoms with Crippen LogP contribution >= 0.6 is 0 Å². The fourth-order valence-corrected chi connectivity index (χ4v) is 4.74. The lowest BCUT2D eigenvalue weighted by molar-refractivity contribution is -0.122. The van der Waals surface area contributed by atoms with Gasteiger partial charge in [0.1, 0.15) is 6.04 Å². The Hall–Kier alpha value is -2.74. The third-order valence-electron chi connectivity index (χ3n) is 5.23. The van der Waals surface area contributed by atoms with E-state index >= 15 is 0 Å². The Morgan fingerprint density at radius 2 is 1.71 bits per heavy atom. The molecule has 170 valence electrons. The highest BCUT2D eigenvalue weighted by molar-refractivity contribution is 7.92. The number of ether oxygens (including phenoxy) is 2. The maximum atomic E-state index is 13.1. The van der Waals surface area contributed by atoms with E-state index < -0.39 is 16.1 Å². The Bertz CT molecular complexity index is 1040. The van der Waals surface area contributed by atoms with Crippen LogP contribution in [0.1, 0.15) is 43.0 Å². The maximum absolute atomic E-state index is 13.1. The topological polar surface area (TPSA) is 84.9 Å². The van der Waals surface area contributed by atoms with Crippen LogP contribution < -0.4 is 19.1 Å². The van der Waals surface area contributed by atoms with Gasteiger partial charge in [-0.3, -0.25) is 9.10 Å². The quantitative estimate of drug-likeness (QED) is 0.632. The van der Waals surface area contributed by atoms with Gasteiger partial charge in [-0.05, 0) is 62.1 Å².